The Bertz CT molecular complexity index is 93.6. The van der Waals surface area contributed by atoms with Crippen molar-refractivity contribution in [2.45, 2.75) is 6.92 Å². The molecule has 0 rings (SSSR count). The summed E-state index contributed by atoms with van der Waals surface area (Å²) in [5, 5.41) is 8.50. The molecule has 2 heteroatoms. The van der Waals surface area contributed by atoms with Crippen LogP contribution in [0, 0.1) is 18.3 Å². The molecular weight excluding hydrogens is 116 g/mol. The van der Waals surface area contributed by atoms with Gasteiger partial charge < -0.3 is 9.84 Å². The molecule has 0 heterocycles. The molecule has 0 saturated carbocycles. The van der Waals surface area contributed by atoms with Crippen molar-refractivity contribution in [1.82, 2.24) is 0 Å². The smallest absolute Gasteiger partial charge is 0.107 e. The fourth-order valence-corrected chi connectivity index (χ4v) is 0.372. The van der Waals surface area contributed by atoms with E-state index in [1.165, 1.54) is 0 Å². The first-order valence-corrected chi connectivity index (χ1v) is 2.93. The number of hydrogen-bond donors (Lipinski definition) is 1. The number of hydrogen-bond acceptors (Lipinski definition) is 2. The van der Waals surface area contributed by atoms with Crippen molar-refractivity contribution in [3.05, 3.63) is 0 Å². The van der Waals surface area contributed by atoms with E-state index in [0.717, 1.165) is 0 Å². The van der Waals surface area contributed by atoms with Crippen LogP contribution in [0.5, 0.6) is 0 Å². The Morgan fingerprint density at radius 1 is 1.78 bits per heavy atom. The second-order valence-electron chi connectivity index (χ2n) is 2.01. The van der Waals surface area contributed by atoms with E-state index in [0.29, 0.717) is 13.2 Å². The van der Waals surface area contributed by atoms with E-state index in [4.69, 9.17) is 16.3 Å². The highest BCUT2D eigenvalue weighted by atomic mass is 16.5. The van der Waals surface area contributed by atoms with Crippen LogP contribution in [0.3, 0.4) is 0 Å². The fraction of sp³-hybridized carbons (Fsp3) is 0.714. The second-order valence-corrected chi connectivity index (χ2v) is 2.01. The van der Waals surface area contributed by atoms with Gasteiger partial charge in [0.1, 0.15) is 6.61 Å². The Balaban J connectivity index is 2.99. The van der Waals surface area contributed by atoms with Crippen LogP contribution in [0.1, 0.15) is 6.92 Å². The molecule has 0 aromatic heterocycles. The molecule has 0 aromatic rings. The van der Waals surface area contributed by atoms with Crippen molar-refractivity contribution in [3.8, 4) is 12.3 Å². The first-order chi connectivity index (χ1) is 4.31. The molecular formula is C7H12O2. The number of ether oxygens (including phenoxy) is 1. The summed E-state index contributed by atoms with van der Waals surface area (Å²) in [4.78, 5) is 0. The largest absolute Gasteiger partial charge is 0.396 e. The lowest BCUT2D eigenvalue weighted by Gasteiger charge is -2.04. The topological polar surface area (TPSA) is 29.5 Å². The summed E-state index contributed by atoms with van der Waals surface area (Å²) in [5.41, 5.74) is 0. The van der Waals surface area contributed by atoms with Crippen LogP contribution in [0.4, 0.5) is 0 Å². The molecule has 0 aliphatic rings. The van der Waals surface area contributed by atoms with Gasteiger partial charge in [0.05, 0.1) is 6.61 Å². The number of terminal acetylenes is 1. The normalized spacial score (nSPS) is 12.6. The summed E-state index contributed by atoms with van der Waals surface area (Å²) in [5.74, 6) is 2.54. The van der Waals surface area contributed by atoms with E-state index < -0.39 is 0 Å². The van der Waals surface area contributed by atoms with Crippen molar-refractivity contribution in [3.63, 3.8) is 0 Å². The molecule has 0 aliphatic carbocycles. The maximum atomic E-state index is 8.50. The summed E-state index contributed by atoms with van der Waals surface area (Å²) >= 11 is 0. The van der Waals surface area contributed by atoms with Crippen molar-refractivity contribution in [2.75, 3.05) is 19.8 Å². The van der Waals surface area contributed by atoms with E-state index in [-0.39, 0.29) is 12.5 Å². The lowest BCUT2D eigenvalue weighted by atomic mass is 10.2. The Kier molecular flexibility index (Phi) is 5.29. The number of rotatable bonds is 4. The van der Waals surface area contributed by atoms with Gasteiger partial charge in [-0.2, -0.15) is 0 Å². The minimum absolute atomic E-state index is 0.157. The first-order valence-electron chi connectivity index (χ1n) is 2.93. The molecule has 52 valence electrons. The lowest BCUT2D eigenvalue weighted by Crippen LogP contribution is -2.09. The maximum absolute atomic E-state index is 8.50. The van der Waals surface area contributed by atoms with Gasteiger partial charge in [-0.25, -0.2) is 0 Å². The average molecular weight is 128 g/mol. The van der Waals surface area contributed by atoms with Gasteiger partial charge in [-0.05, 0) is 0 Å². The van der Waals surface area contributed by atoms with Crippen LogP contribution in [-0.4, -0.2) is 24.9 Å². The van der Waals surface area contributed by atoms with Crippen LogP contribution >= 0.6 is 0 Å². The van der Waals surface area contributed by atoms with Crippen molar-refractivity contribution < 1.29 is 9.84 Å². The van der Waals surface area contributed by atoms with Gasteiger partial charge in [-0.15, -0.1) is 6.42 Å². The predicted molar refractivity (Wildman–Crippen MR) is 35.9 cm³/mol. The lowest BCUT2D eigenvalue weighted by molar-refractivity contribution is 0.101. The highest BCUT2D eigenvalue weighted by Gasteiger charge is 1.96. The zero-order valence-corrected chi connectivity index (χ0v) is 5.63. The fourth-order valence-electron chi connectivity index (χ4n) is 0.372. The molecule has 0 bridgehead atoms. The summed E-state index contributed by atoms with van der Waals surface area (Å²) in [6.07, 6.45) is 4.92. The van der Waals surface area contributed by atoms with Gasteiger partial charge >= 0.3 is 0 Å². The molecule has 1 atom stereocenters. The van der Waals surface area contributed by atoms with Crippen molar-refractivity contribution in [2.24, 2.45) is 5.92 Å². The molecule has 1 N–H and O–H groups in total. The summed E-state index contributed by atoms with van der Waals surface area (Å²) in [7, 11) is 0. The van der Waals surface area contributed by atoms with Gasteiger partial charge in [0, 0.05) is 12.5 Å². The Hall–Kier alpha value is -0.520. The van der Waals surface area contributed by atoms with E-state index in [9.17, 15) is 0 Å². The third-order valence-electron chi connectivity index (χ3n) is 0.899. The van der Waals surface area contributed by atoms with Crippen molar-refractivity contribution >= 4 is 0 Å². The molecule has 9 heavy (non-hydrogen) atoms. The number of aliphatic hydroxyl groups is 1. The van der Waals surface area contributed by atoms with Gasteiger partial charge in [-0.3, -0.25) is 0 Å². The van der Waals surface area contributed by atoms with E-state index in [1.54, 1.807) is 0 Å². The predicted octanol–water partition coefficient (Wildman–Crippen LogP) is 0.265. The van der Waals surface area contributed by atoms with Gasteiger partial charge in [0.25, 0.3) is 0 Å². The molecule has 0 radical (unpaired) electrons. The number of aliphatic hydroxyl groups excluding tert-OH is 1. The van der Waals surface area contributed by atoms with E-state index >= 15 is 0 Å². The minimum atomic E-state index is 0.157. The molecule has 0 aliphatic heterocycles. The maximum Gasteiger partial charge on any atom is 0.107 e. The average Bonchev–Trinajstić information content (AvgIpc) is 1.89. The third-order valence-corrected chi connectivity index (χ3v) is 0.899. The van der Waals surface area contributed by atoms with Gasteiger partial charge in [0.2, 0.25) is 0 Å². The van der Waals surface area contributed by atoms with Gasteiger partial charge in [-0.1, -0.05) is 12.8 Å². The SMILES string of the molecule is C#CCOCC(C)CO. The Morgan fingerprint density at radius 3 is 2.89 bits per heavy atom. The Morgan fingerprint density at radius 2 is 2.44 bits per heavy atom. The van der Waals surface area contributed by atoms with Crippen molar-refractivity contribution in [1.29, 1.82) is 0 Å². The molecule has 1 unspecified atom stereocenters. The van der Waals surface area contributed by atoms with Gasteiger partial charge in [0.15, 0.2) is 0 Å². The molecule has 2 nitrogen and oxygen atoms in total. The quantitative estimate of drug-likeness (QED) is 0.435. The van der Waals surface area contributed by atoms with E-state index in [1.807, 2.05) is 6.92 Å². The third kappa shape index (κ3) is 5.35. The molecule has 0 fully saturated rings. The zero-order chi connectivity index (χ0) is 7.11. The molecule has 0 saturated heterocycles. The van der Waals surface area contributed by atoms with Crippen LogP contribution < -0.4 is 0 Å². The Labute approximate surface area is 55.8 Å². The standard InChI is InChI=1S/C7H12O2/c1-3-4-9-6-7(2)5-8/h1,7-8H,4-6H2,2H3. The second kappa shape index (κ2) is 5.61. The molecule has 0 aromatic carbocycles. The zero-order valence-electron chi connectivity index (χ0n) is 5.63. The van der Waals surface area contributed by atoms with E-state index in [2.05, 4.69) is 5.92 Å². The van der Waals surface area contributed by atoms with Crippen LogP contribution in [0.2, 0.25) is 0 Å². The monoisotopic (exact) mass is 128 g/mol. The first kappa shape index (κ1) is 8.48. The summed E-state index contributed by atoms with van der Waals surface area (Å²) in [6.45, 7) is 2.94. The summed E-state index contributed by atoms with van der Waals surface area (Å²) in [6, 6.07) is 0. The highest BCUT2D eigenvalue weighted by molar-refractivity contribution is 4.82. The minimum Gasteiger partial charge on any atom is -0.396 e. The molecule has 0 spiro atoms. The highest BCUT2D eigenvalue weighted by Crippen LogP contribution is 1.91. The van der Waals surface area contributed by atoms with Crippen LogP contribution in [0.25, 0.3) is 0 Å². The summed E-state index contributed by atoms with van der Waals surface area (Å²) < 4.78 is 4.94. The van der Waals surface area contributed by atoms with Crippen LogP contribution in [0.15, 0.2) is 0 Å². The molecule has 0 amide bonds. The van der Waals surface area contributed by atoms with Crippen LogP contribution in [-0.2, 0) is 4.74 Å².